The molecule has 2 rings (SSSR count). The largest absolute Gasteiger partial charge is 0.359 e. The van der Waals surface area contributed by atoms with Crippen molar-refractivity contribution in [3.63, 3.8) is 0 Å². The van der Waals surface area contributed by atoms with Crippen LogP contribution in [0.3, 0.4) is 0 Å². The van der Waals surface area contributed by atoms with Gasteiger partial charge in [-0.1, -0.05) is 19.8 Å². The number of hydrogen-bond donors (Lipinski definition) is 1. The Morgan fingerprint density at radius 1 is 1.47 bits per heavy atom. The SMILES string of the molecule is CCC(CC1CC1)Nc1nc(C)c(C)s1. The summed E-state index contributed by atoms with van der Waals surface area (Å²) < 4.78 is 0. The molecule has 0 aromatic carbocycles. The Morgan fingerprint density at radius 2 is 2.20 bits per heavy atom. The van der Waals surface area contributed by atoms with E-state index >= 15 is 0 Å². The molecule has 1 aromatic heterocycles. The summed E-state index contributed by atoms with van der Waals surface area (Å²) in [5, 5.41) is 4.68. The summed E-state index contributed by atoms with van der Waals surface area (Å²) >= 11 is 1.78. The van der Waals surface area contributed by atoms with Crippen molar-refractivity contribution in [2.45, 2.75) is 52.5 Å². The summed E-state index contributed by atoms with van der Waals surface area (Å²) in [6.07, 6.45) is 5.41. The fourth-order valence-electron chi connectivity index (χ4n) is 1.79. The van der Waals surface area contributed by atoms with Gasteiger partial charge < -0.3 is 5.32 Å². The number of nitrogens with zero attached hydrogens (tertiary/aromatic N) is 1. The van der Waals surface area contributed by atoms with Crippen LogP contribution in [0.4, 0.5) is 5.13 Å². The molecule has 1 aliphatic rings. The number of aromatic nitrogens is 1. The molecule has 0 spiro atoms. The van der Waals surface area contributed by atoms with Crippen LogP contribution in [0.5, 0.6) is 0 Å². The topological polar surface area (TPSA) is 24.9 Å². The average molecular weight is 224 g/mol. The number of hydrogen-bond acceptors (Lipinski definition) is 3. The summed E-state index contributed by atoms with van der Waals surface area (Å²) in [7, 11) is 0. The highest BCUT2D eigenvalue weighted by molar-refractivity contribution is 7.15. The zero-order valence-electron chi connectivity index (χ0n) is 9.84. The van der Waals surface area contributed by atoms with E-state index in [1.54, 1.807) is 11.3 Å². The van der Waals surface area contributed by atoms with Crippen LogP contribution in [0.2, 0.25) is 0 Å². The molecule has 0 radical (unpaired) electrons. The van der Waals surface area contributed by atoms with Gasteiger partial charge in [0, 0.05) is 10.9 Å². The standard InChI is InChI=1S/C12H20N2S/c1-4-11(7-10-5-6-10)14-12-13-8(2)9(3)15-12/h10-11H,4-7H2,1-3H3,(H,13,14). The third kappa shape index (κ3) is 2.94. The van der Waals surface area contributed by atoms with Gasteiger partial charge in [0.1, 0.15) is 0 Å². The Hall–Kier alpha value is -0.570. The highest BCUT2D eigenvalue weighted by Crippen LogP contribution is 2.35. The maximum absolute atomic E-state index is 4.53. The highest BCUT2D eigenvalue weighted by atomic mass is 32.1. The third-order valence-electron chi connectivity index (χ3n) is 3.16. The molecule has 1 fully saturated rings. The lowest BCUT2D eigenvalue weighted by Crippen LogP contribution is -2.18. The first-order chi connectivity index (χ1) is 7.19. The van der Waals surface area contributed by atoms with E-state index < -0.39 is 0 Å². The first-order valence-electron chi connectivity index (χ1n) is 5.89. The number of aryl methyl sites for hydroxylation is 2. The van der Waals surface area contributed by atoms with Crippen molar-refractivity contribution in [2.75, 3.05) is 5.32 Å². The summed E-state index contributed by atoms with van der Waals surface area (Å²) in [4.78, 5) is 5.87. The molecule has 1 saturated carbocycles. The normalized spacial score (nSPS) is 17.8. The molecule has 1 atom stereocenters. The molecule has 0 bridgehead atoms. The van der Waals surface area contributed by atoms with Crippen molar-refractivity contribution in [3.8, 4) is 0 Å². The van der Waals surface area contributed by atoms with Gasteiger partial charge in [0.15, 0.2) is 5.13 Å². The second-order valence-corrected chi connectivity index (χ2v) is 5.79. The monoisotopic (exact) mass is 224 g/mol. The van der Waals surface area contributed by atoms with Gasteiger partial charge in [-0.05, 0) is 32.6 Å². The maximum atomic E-state index is 4.53. The molecule has 3 heteroatoms. The van der Waals surface area contributed by atoms with Gasteiger partial charge in [-0.3, -0.25) is 0 Å². The fourth-order valence-corrected chi connectivity index (χ4v) is 2.68. The maximum Gasteiger partial charge on any atom is 0.183 e. The number of anilines is 1. The summed E-state index contributed by atoms with van der Waals surface area (Å²) in [5.41, 5.74) is 1.17. The Bertz CT molecular complexity index is 309. The van der Waals surface area contributed by atoms with Crippen molar-refractivity contribution in [1.29, 1.82) is 0 Å². The van der Waals surface area contributed by atoms with Gasteiger partial charge in [-0.15, -0.1) is 11.3 Å². The first kappa shape index (κ1) is 10.9. The summed E-state index contributed by atoms with van der Waals surface area (Å²) in [6, 6.07) is 0.627. The number of rotatable bonds is 5. The van der Waals surface area contributed by atoms with E-state index in [0.29, 0.717) is 6.04 Å². The first-order valence-corrected chi connectivity index (χ1v) is 6.71. The van der Waals surface area contributed by atoms with Crippen molar-refractivity contribution in [3.05, 3.63) is 10.6 Å². The van der Waals surface area contributed by atoms with Gasteiger partial charge in [0.05, 0.1) is 5.69 Å². The molecule has 0 aliphatic heterocycles. The minimum atomic E-state index is 0.627. The van der Waals surface area contributed by atoms with Gasteiger partial charge in [0.25, 0.3) is 0 Å². The quantitative estimate of drug-likeness (QED) is 0.824. The van der Waals surface area contributed by atoms with Crippen LogP contribution in [-0.4, -0.2) is 11.0 Å². The highest BCUT2D eigenvalue weighted by Gasteiger charge is 2.25. The second-order valence-electron chi connectivity index (χ2n) is 4.59. The lowest BCUT2D eigenvalue weighted by molar-refractivity contribution is 0.586. The Kier molecular flexibility index (Phi) is 3.29. The molecule has 1 aromatic rings. The molecule has 15 heavy (non-hydrogen) atoms. The van der Waals surface area contributed by atoms with E-state index in [1.165, 1.54) is 36.3 Å². The smallest absolute Gasteiger partial charge is 0.183 e. The number of nitrogens with one attached hydrogen (secondary N) is 1. The van der Waals surface area contributed by atoms with Crippen LogP contribution >= 0.6 is 11.3 Å². The fraction of sp³-hybridized carbons (Fsp3) is 0.750. The zero-order chi connectivity index (χ0) is 10.8. The van der Waals surface area contributed by atoms with Gasteiger partial charge in [0.2, 0.25) is 0 Å². The van der Waals surface area contributed by atoms with Crippen LogP contribution in [0.1, 0.15) is 43.2 Å². The average Bonchev–Trinajstić information content (AvgIpc) is 2.94. The third-order valence-corrected chi connectivity index (χ3v) is 4.17. The van der Waals surface area contributed by atoms with Crippen molar-refractivity contribution in [2.24, 2.45) is 5.92 Å². The van der Waals surface area contributed by atoms with Crippen LogP contribution in [-0.2, 0) is 0 Å². The predicted molar refractivity (Wildman–Crippen MR) is 66.6 cm³/mol. The van der Waals surface area contributed by atoms with E-state index in [9.17, 15) is 0 Å². The van der Waals surface area contributed by atoms with Crippen molar-refractivity contribution in [1.82, 2.24) is 4.98 Å². The van der Waals surface area contributed by atoms with E-state index in [1.807, 2.05) is 0 Å². The van der Waals surface area contributed by atoms with Gasteiger partial charge in [-0.25, -0.2) is 4.98 Å². The molecule has 1 unspecified atom stereocenters. The van der Waals surface area contributed by atoms with Gasteiger partial charge >= 0.3 is 0 Å². The molecular weight excluding hydrogens is 204 g/mol. The zero-order valence-corrected chi connectivity index (χ0v) is 10.7. The van der Waals surface area contributed by atoms with E-state index in [4.69, 9.17) is 0 Å². The number of thiazole rings is 1. The van der Waals surface area contributed by atoms with Crippen molar-refractivity contribution < 1.29 is 0 Å². The van der Waals surface area contributed by atoms with Crippen LogP contribution in [0.25, 0.3) is 0 Å². The van der Waals surface area contributed by atoms with Crippen LogP contribution in [0.15, 0.2) is 0 Å². The molecule has 0 saturated heterocycles. The molecule has 0 amide bonds. The summed E-state index contributed by atoms with van der Waals surface area (Å²) in [6.45, 7) is 6.48. The molecule has 2 nitrogen and oxygen atoms in total. The summed E-state index contributed by atoms with van der Waals surface area (Å²) in [5.74, 6) is 0.990. The Balaban J connectivity index is 1.92. The molecule has 84 valence electrons. The molecule has 1 aliphatic carbocycles. The van der Waals surface area contributed by atoms with E-state index in [0.717, 1.165) is 11.0 Å². The van der Waals surface area contributed by atoms with E-state index in [2.05, 4.69) is 31.1 Å². The molecular formula is C12H20N2S. The Morgan fingerprint density at radius 3 is 2.67 bits per heavy atom. The molecule has 1 heterocycles. The van der Waals surface area contributed by atoms with Gasteiger partial charge in [-0.2, -0.15) is 0 Å². The van der Waals surface area contributed by atoms with E-state index in [-0.39, 0.29) is 0 Å². The minimum Gasteiger partial charge on any atom is -0.359 e. The lowest BCUT2D eigenvalue weighted by atomic mass is 10.1. The second kappa shape index (κ2) is 4.52. The minimum absolute atomic E-state index is 0.627. The molecule has 1 N–H and O–H groups in total. The van der Waals surface area contributed by atoms with Crippen LogP contribution in [0, 0.1) is 19.8 Å². The van der Waals surface area contributed by atoms with Crippen LogP contribution < -0.4 is 5.32 Å². The Labute approximate surface area is 96.1 Å². The predicted octanol–water partition coefficient (Wildman–Crippen LogP) is 3.75. The van der Waals surface area contributed by atoms with Crippen molar-refractivity contribution >= 4 is 16.5 Å². The lowest BCUT2D eigenvalue weighted by Gasteiger charge is -2.15.